The summed E-state index contributed by atoms with van der Waals surface area (Å²) in [6.45, 7) is 4.39. The van der Waals surface area contributed by atoms with Crippen molar-refractivity contribution >= 4 is 15.9 Å². The maximum absolute atomic E-state index is 5.99. The van der Waals surface area contributed by atoms with Crippen LogP contribution >= 0.6 is 15.9 Å². The first kappa shape index (κ1) is 13.9. The number of ether oxygens (including phenoxy) is 1. The van der Waals surface area contributed by atoms with E-state index in [2.05, 4.69) is 48.0 Å². The first-order valence-electron chi connectivity index (χ1n) is 7.09. The van der Waals surface area contributed by atoms with Gasteiger partial charge in [-0.05, 0) is 44.2 Å². The van der Waals surface area contributed by atoms with Gasteiger partial charge < -0.3 is 4.74 Å². The normalized spacial score (nSPS) is 19.4. The number of aryl methyl sites for hydroxylation is 1. The zero-order valence-electron chi connectivity index (χ0n) is 11.4. The SMILES string of the molecule is CCCC(Br)CCCC1Cc2cc(C)ccc2O1. The topological polar surface area (TPSA) is 9.23 Å². The summed E-state index contributed by atoms with van der Waals surface area (Å²) in [6.07, 6.45) is 7.75. The lowest BCUT2D eigenvalue weighted by atomic mass is 10.0. The van der Waals surface area contributed by atoms with E-state index in [0.29, 0.717) is 10.9 Å². The van der Waals surface area contributed by atoms with Gasteiger partial charge in [-0.1, -0.05) is 47.0 Å². The Hall–Kier alpha value is -0.500. The molecule has 2 atom stereocenters. The molecule has 2 unspecified atom stereocenters. The maximum Gasteiger partial charge on any atom is 0.123 e. The molecular weight excluding hydrogens is 288 g/mol. The Balaban J connectivity index is 1.74. The average Bonchev–Trinajstić information content (AvgIpc) is 2.71. The van der Waals surface area contributed by atoms with Crippen LogP contribution < -0.4 is 4.74 Å². The first-order valence-corrected chi connectivity index (χ1v) is 8.01. The molecule has 1 aromatic rings. The van der Waals surface area contributed by atoms with E-state index in [-0.39, 0.29) is 0 Å². The number of hydrogen-bond acceptors (Lipinski definition) is 1. The van der Waals surface area contributed by atoms with Crippen LogP contribution in [0, 0.1) is 6.92 Å². The molecule has 0 saturated carbocycles. The molecule has 0 amide bonds. The van der Waals surface area contributed by atoms with Crippen LogP contribution in [0.1, 0.15) is 50.2 Å². The van der Waals surface area contributed by atoms with Gasteiger partial charge in [-0.15, -0.1) is 0 Å². The van der Waals surface area contributed by atoms with E-state index in [4.69, 9.17) is 4.74 Å². The van der Waals surface area contributed by atoms with Crippen molar-refractivity contribution in [3.63, 3.8) is 0 Å². The summed E-state index contributed by atoms with van der Waals surface area (Å²) in [4.78, 5) is 0.688. The summed E-state index contributed by atoms with van der Waals surface area (Å²) < 4.78 is 5.99. The molecule has 0 spiro atoms. The van der Waals surface area contributed by atoms with Crippen LogP contribution in [0.4, 0.5) is 0 Å². The van der Waals surface area contributed by atoms with Gasteiger partial charge in [0.1, 0.15) is 11.9 Å². The zero-order valence-corrected chi connectivity index (χ0v) is 13.0. The van der Waals surface area contributed by atoms with E-state index >= 15 is 0 Å². The van der Waals surface area contributed by atoms with Gasteiger partial charge in [0.05, 0.1) is 0 Å². The molecule has 1 heterocycles. The molecule has 1 nitrogen and oxygen atoms in total. The number of alkyl halides is 1. The highest BCUT2D eigenvalue weighted by atomic mass is 79.9. The van der Waals surface area contributed by atoms with E-state index < -0.39 is 0 Å². The van der Waals surface area contributed by atoms with Gasteiger partial charge in [0.2, 0.25) is 0 Å². The van der Waals surface area contributed by atoms with Crippen LogP contribution in [-0.4, -0.2) is 10.9 Å². The summed E-state index contributed by atoms with van der Waals surface area (Å²) >= 11 is 3.74. The minimum absolute atomic E-state index is 0.406. The second-order valence-corrected chi connectivity index (χ2v) is 6.67. The van der Waals surface area contributed by atoms with E-state index in [1.807, 2.05) is 0 Å². The standard InChI is InChI=1S/C16H23BrO/c1-3-5-14(17)6-4-7-15-11-13-10-12(2)8-9-16(13)18-15/h8-10,14-15H,3-7,11H2,1-2H3. The number of halogens is 1. The van der Waals surface area contributed by atoms with Crippen LogP contribution in [0.2, 0.25) is 0 Å². The largest absolute Gasteiger partial charge is 0.490 e. The number of rotatable bonds is 6. The third kappa shape index (κ3) is 3.74. The van der Waals surface area contributed by atoms with Crippen LogP contribution in [-0.2, 0) is 6.42 Å². The lowest BCUT2D eigenvalue weighted by molar-refractivity contribution is 0.216. The molecule has 0 radical (unpaired) electrons. The van der Waals surface area contributed by atoms with Crippen LogP contribution in [0.5, 0.6) is 5.75 Å². The lowest BCUT2D eigenvalue weighted by Gasteiger charge is -2.12. The van der Waals surface area contributed by atoms with Crippen molar-refractivity contribution in [2.24, 2.45) is 0 Å². The smallest absolute Gasteiger partial charge is 0.123 e. The molecule has 0 fully saturated rings. The molecule has 0 bridgehead atoms. The quantitative estimate of drug-likeness (QED) is 0.669. The number of benzene rings is 1. The number of fused-ring (bicyclic) bond motifs is 1. The Kier molecular flexibility index (Phi) is 5.11. The molecule has 18 heavy (non-hydrogen) atoms. The van der Waals surface area contributed by atoms with Crippen molar-refractivity contribution in [1.29, 1.82) is 0 Å². The van der Waals surface area contributed by atoms with Gasteiger partial charge in [-0.2, -0.15) is 0 Å². The molecule has 100 valence electrons. The summed E-state index contributed by atoms with van der Waals surface area (Å²) in [5.74, 6) is 1.11. The van der Waals surface area contributed by atoms with Crippen molar-refractivity contribution in [3.05, 3.63) is 29.3 Å². The average molecular weight is 311 g/mol. The highest BCUT2D eigenvalue weighted by Gasteiger charge is 2.22. The summed E-state index contributed by atoms with van der Waals surface area (Å²) in [6, 6.07) is 6.52. The Bertz CT molecular complexity index is 389. The summed E-state index contributed by atoms with van der Waals surface area (Å²) in [5, 5.41) is 0. The Morgan fingerprint density at radius 3 is 3.00 bits per heavy atom. The highest BCUT2D eigenvalue weighted by molar-refractivity contribution is 9.09. The molecule has 1 aliphatic heterocycles. The Morgan fingerprint density at radius 1 is 1.39 bits per heavy atom. The molecule has 1 aliphatic rings. The molecule has 0 aliphatic carbocycles. The fraction of sp³-hybridized carbons (Fsp3) is 0.625. The highest BCUT2D eigenvalue weighted by Crippen LogP contribution is 2.31. The van der Waals surface area contributed by atoms with Gasteiger partial charge in [0.15, 0.2) is 0 Å². The Labute approximate surface area is 119 Å². The van der Waals surface area contributed by atoms with Crippen molar-refractivity contribution < 1.29 is 4.74 Å². The lowest BCUT2D eigenvalue weighted by Crippen LogP contribution is -2.13. The molecule has 0 N–H and O–H groups in total. The van der Waals surface area contributed by atoms with Crippen molar-refractivity contribution in [2.75, 3.05) is 0 Å². The van der Waals surface area contributed by atoms with Crippen molar-refractivity contribution in [1.82, 2.24) is 0 Å². The first-order chi connectivity index (χ1) is 8.69. The van der Waals surface area contributed by atoms with Crippen molar-refractivity contribution in [3.8, 4) is 5.75 Å². The fourth-order valence-corrected chi connectivity index (χ4v) is 3.42. The second-order valence-electron chi connectivity index (χ2n) is 5.37. The van der Waals surface area contributed by atoms with E-state index in [9.17, 15) is 0 Å². The van der Waals surface area contributed by atoms with E-state index in [0.717, 1.165) is 12.2 Å². The van der Waals surface area contributed by atoms with Gasteiger partial charge in [0, 0.05) is 11.2 Å². The predicted octanol–water partition coefficient (Wildman–Crippen LogP) is 5.03. The minimum atomic E-state index is 0.406. The van der Waals surface area contributed by atoms with Crippen LogP contribution in [0.25, 0.3) is 0 Å². The molecule has 2 rings (SSSR count). The van der Waals surface area contributed by atoms with E-state index in [1.54, 1.807) is 0 Å². The Morgan fingerprint density at radius 2 is 2.22 bits per heavy atom. The minimum Gasteiger partial charge on any atom is -0.490 e. The monoisotopic (exact) mass is 310 g/mol. The van der Waals surface area contributed by atoms with Gasteiger partial charge >= 0.3 is 0 Å². The summed E-state index contributed by atoms with van der Waals surface area (Å²) in [7, 11) is 0. The third-order valence-electron chi connectivity index (χ3n) is 3.60. The third-order valence-corrected chi connectivity index (χ3v) is 4.52. The molecule has 2 heteroatoms. The van der Waals surface area contributed by atoms with Gasteiger partial charge in [-0.25, -0.2) is 0 Å². The zero-order chi connectivity index (χ0) is 13.0. The van der Waals surface area contributed by atoms with Crippen LogP contribution in [0.3, 0.4) is 0 Å². The molecule has 1 aromatic carbocycles. The van der Waals surface area contributed by atoms with Gasteiger partial charge in [0.25, 0.3) is 0 Å². The second kappa shape index (κ2) is 6.60. The number of hydrogen-bond donors (Lipinski definition) is 0. The molecular formula is C16H23BrO. The van der Waals surface area contributed by atoms with Crippen LogP contribution in [0.15, 0.2) is 18.2 Å². The predicted molar refractivity (Wildman–Crippen MR) is 80.8 cm³/mol. The summed E-state index contributed by atoms with van der Waals surface area (Å²) in [5.41, 5.74) is 2.73. The van der Waals surface area contributed by atoms with Gasteiger partial charge in [-0.3, -0.25) is 0 Å². The molecule has 0 aromatic heterocycles. The maximum atomic E-state index is 5.99. The fourth-order valence-electron chi connectivity index (χ4n) is 2.63. The van der Waals surface area contributed by atoms with E-state index in [1.165, 1.54) is 43.2 Å². The molecule has 0 saturated heterocycles. The van der Waals surface area contributed by atoms with Crippen molar-refractivity contribution in [2.45, 2.75) is 63.3 Å².